The Morgan fingerprint density at radius 2 is 1.92 bits per heavy atom. The number of alkyl halides is 2. The van der Waals surface area contributed by atoms with Crippen LogP contribution in [0, 0.1) is 0 Å². The van der Waals surface area contributed by atoms with Crippen LogP contribution < -0.4 is 10.1 Å². The van der Waals surface area contributed by atoms with Gasteiger partial charge in [0.2, 0.25) is 5.91 Å². The van der Waals surface area contributed by atoms with Gasteiger partial charge in [-0.3, -0.25) is 4.79 Å². The number of aromatic nitrogens is 2. The summed E-state index contributed by atoms with van der Waals surface area (Å²) in [4.78, 5) is 12.3. The van der Waals surface area contributed by atoms with E-state index in [2.05, 4.69) is 15.2 Å². The van der Waals surface area contributed by atoms with E-state index in [1.54, 1.807) is 24.4 Å². The largest absolute Gasteiger partial charge is 0.435 e. The van der Waals surface area contributed by atoms with E-state index in [-0.39, 0.29) is 18.1 Å². The number of carbonyl (C=O) groups excluding carboxylic acids is 1. The van der Waals surface area contributed by atoms with Crippen molar-refractivity contribution in [2.24, 2.45) is 0 Å². The molecule has 5 nitrogen and oxygen atoms in total. The lowest BCUT2D eigenvalue weighted by Crippen LogP contribution is -2.21. The number of ether oxygens (including phenoxy) is 1. The zero-order valence-electron chi connectivity index (χ0n) is 13.8. The molecule has 0 spiro atoms. The zero-order chi connectivity index (χ0) is 17.6. The van der Waals surface area contributed by atoms with E-state index in [0.717, 1.165) is 18.4 Å². The maximum Gasteiger partial charge on any atom is 0.387 e. The van der Waals surface area contributed by atoms with Crippen LogP contribution in [0.1, 0.15) is 43.7 Å². The number of anilines is 1. The van der Waals surface area contributed by atoms with Gasteiger partial charge in [-0.2, -0.15) is 13.9 Å². The molecule has 0 saturated heterocycles. The minimum atomic E-state index is -2.85. The molecular formula is C18H21F2N3O2. The van der Waals surface area contributed by atoms with Crippen LogP contribution in [0.4, 0.5) is 14.6 Å². The second kappa shape index (κ2) is 8.09. The number of benzene rings is 1. The molecule has 7 heteroatoms. The lowest BCUT2D eigenvalue weighted by atomic mass is 9.96. The monoisotopic (exact) mass is 349 g/mol. The first-order valence-electron chi connectivity index (χ1n) is 8.49. The van der Waals surface area contributed by atoms with Crippen molar-refractivity contribution < 1.29 is 18.3 Å². The predicted octanol–water partition coefficient (Wildman–Crippen LogP) is 4.17. The Morgan fingerprint density at radius 1 is 1.20 bits per heavy atom. The average Bonchev–Trinajstić information content (AvgIpc) is 3.05. The molecular weight excluding hydrogens is 328 g/mol. The van der Waals surface area contributed by atoms with Crippen LogP contribution in [0.25, 0.3) is 0 Å². The fraction of sp³-hybridized carbons (Fsp3) is 0.444. The highest BCUT2D eigenvalue weighted by atomic mass is 19.3. The Hall–Kier alpha value is -2.44. The van der Waals surface area contributed by atoms with E-state index >= 15 is 0 Å². The number of nitrogens with one attached hydrogen (secondary N) is 1. The van der Waals surface area contributed by atoms with Crippen LogP contribution in [0.3, 0.4) is 0 Å². The number of rotatable bonds is 6. The van der Waals surface area contributed by atoms with Gasteiger partial charge in [0.1, 0.15) is 11.6 Å². The van der Waals surface area contributed by atoms with Gasteiger partial charge >= 0.3 is 6.61 Å². The van der Waals surface area contributed by atoms with Gasteiger partial charge in [0.25, 0.3) is 0 Å². The molecule has 0 atom stereocenters. The highest BCUT2D eigenvalue weighted by molar-refractivity contribution is 5.91. The van der Waals surface area contributed by atoms with Gasteiger partial charge in [0.15, 0.2) is 0 Å². The van der Waals surface area contributed by atoms with Gasteiger partial charge in [0.05, 0.1) is 18.7 Å². The van der Waals surface area contributed by atoms with Crippen LogP contribution in [-0.4, -0.2) is 22.3 Å². The molecule has 1 aromatic heterocycles. The summed E-state index contributed by atoms with van der Waals surface area (Å²) in [6.07, 6.45) is 7.64. The third kappa shape index (κ3) is 4.78. The van der Waals surface area contributed by atoms with Crippen LogP contribution in [-0.2, 0) is 11.2 Å². The molecule has 0 unspecified atom stereocenters. The van der Waals surface area contributed by atoms with Gasteiger partial charge in [-0.05, 0) is 30.5 Å². The summed E-state index contributed by atoms with van der Waals surface area (Å²) in [5.41, 5.74) is 0.725. The third-order valence-electron chi connectivity index (χ3n) is 4.37. The average molecular weight is 349 g/mol. The maximum atomic E-state index is 12.3. The first kappa shape index (κ1) is 17.4. The number of nitrogens with zero attached hydrogens (tertiary/aromatic N) is 2. The van der Waals surface area contributed by atoms with E-state index in [1.165, 1.54) is 31.4 Å². The topological polar surface area (TPSA) is 56.1 Å². The second-order valence-corrected chi connectivity index (χ2v) is 6.20. The van der Waals surface area contributed by atoms with Crippen molar-refractivity contribution in [2.45, 2.75) is 51.2 Å². The first-order valence-corrected chi connectivity index (χ1v) is 8.49. The van der Waals surface area contributed by atoms with E-state index in [1.807, 2.05) is 4.68 Å². The molecule has 1 N–H and O–H groups in total. The Morgan fingerprint density at radius 3 is 2.60 bits per heavy atom. The van der Waals surface area contributed by atoms with Crippen LogP contribution in [0.2, 0.25) is 0 Å². The van der Waals surface area contributed by atoms with Crippen molar-refractivity contribution in [1.82, 2.24) is 9.78 Å². The first-order chi connectivity index (χ1) is 12.1. The summed E-state index contributed by atoms with van der Waals surface area (Å²) in [6.45, 7) is -2.85. The molecule has 1 saturated carbocycles. The Labute approximate surface area is 145 Å². The van der Waals surface area contributed by atoms with Crippen molar-refractivity contribution in [3.8, 4) is 5.75 Å². The molecule has 3 rings (SSSR count). The summed E-state index contributed by atoms with van der Waals surface area (Å²) in [6, 6.07) is 8.21. The van der Waals surface area contributed by atoms with Crippen molar-refractivity contribution in [3.05, 3.63) is 42.1 Å². The molecule has 1 amide bonds. The summed E-state index contributed by atoms with van der Waals surface area (Å²) >= 11 is 0. The number of hydrogen-bond acceptors (Lipinski definition) is 3. The molecule has 1 aromatic carbocycles. The lowest BCUT2D eigenvalue weighted by Gasteiger charge is -2.23. The molecule has 1 fully saturated rings. The summed E-state index contributed by atoms with van der Waals surface area (Å²) in [5, 5.41) is 7.25. The van der Waals surface area contributed by atoms with Crippen molar-refractivity contribution >= 4 is 11.7 Å². The minimum Gasteiger partial charge on any atom is -0.435 e. The maximum absolute atomic E-state index is 12.3. The minimum absolute atomic E-state index is 0.0783. The van der Waals surface area contributed by atoms with Gasteiger partial charge in [-0.1, -0.05) is 31.4 Å². The number of amides is 1. The van der Waals surface area contributed by atoms with Crippen LogP contribution in [0.5, 0.6) is 5.75 Å². The molecule has 0 radical (unpaired) electrons. The van der Waals surface area contributed by atoms with Gasteiger partial charge in [-0.25, -0.2) is 4.68 Å². The van der Waals surface area contributed by atoms with E-state index in [9.17, 15) is 13.6 Å². The summed E-state index contributed by atoms with van der Waals surface area (Å²) in [5.74, 6) is 0.615. The molecule has 0 bridgehead atoms. The van der Waals surface area contributed by atoms with Gasteiger partial charge in [0, 0.05) is 6.07 Å². The van der Waals surface area contributed by atoms with Crippen molar-refractivity contribution in [2.75, 3.05) is 5.32 Å². The van der Waals surface area contributed by atoms with E-state index in [0.29, 0.717) is 11.9 Å². The number of halogens is 2. The molecule has 1 heterocycles. The molecule has 1 aliphatic carbocycles. The fourth-order valence-electron chi connectivity index (χ4n) is 3.19. The summed E-state index contributed by atoms with van der Waals surface area (Å²) in [7, 11) is 0. The second-order valence-electron chi connectivity index (χ2n) is 6.20. The third-order valence-corrected chi connectivity index (χ3v) is 4.37. The molecule has 25 heavy (non-hydrogen) atoms. The Balaban J connectivity index is 1.58. The van der Waals surface area contributed by atoms with Crippen molar-refractivity contribution in [1.29, 1.82) is 0 Å². The fourth-order valence-corrected chi connectivity index (χ4v) is 3.19. The molecule has 0 aliphatic heterocycles. The SMILES string of the molecule is O=C(Cc1ccc(OC(F)F)cc1)Nc1ccnn1C1CCCCC1. The van der Waals surface area contributed by atoms with Gasteiger partial charge in [-0.15, -0.1) is 0 Å². The smallest absolute Gasteiger partial charge is 0.387 e. The van der Waals surface area contributed by atoms with Gasteiger partial charge < -0.3 is 10.1 Å². The summed E-state index contributed by atoms with van der Waals surface area (Å²) < 4.78 is 30.5. The number of hydrogen-bond donors (Lipinski definition) is 1. The predicted molar refractivity (Wildman–Crippen MR) is 89.8 cm³/mol. The van der Waals surface area contributed by atoms with Crippen LogP contribution in [0.15, 0.2) is 36.5 Å². The molecule has 2 aromatic rings. The Kier molecular flexibility index (Phi) is 5.63. The lowest BCUT2D eigenvalue weighted by molar-refractivity contribution is -0.115. The highest BCUT2D eigenvalue weighted by Gasteiger charge is 2.19. The Bertz CT molecular complexity index is 695. The van der Waals surface area contributed by atoms with E-state index in [4.69, 9.17) is 0 Å². The van der Waals surface area contributed by atoms with E-state index < -0.39 is 6.61 Å². The van der Waals surface area contributed by atoms with Crippen LogP contribution >= 0.6 is 0 Å². The standard InChI is InChI=1S/C18H21F2N3O2/c19-18(20)25-15-8-6-13(7-9-15)12-17(24)22-16-10-11-21-23(16)14-4-2-1-3-5-14/h6-11,14,18H,1-5,12H2,(H,22,24). The highest BCUT2D eigenvalue weighted by Crippen LogP contribution is 2.29. The zero-order valence-corrected chi connectivity index (χ0v) is 13.8. The molecule has 1 aliphatic rings. The molecule has 134 valence electrons. The normalized spacial score (nSPS) is 15.3. The number of carbonyl (C=O) groups is 1. The van der Waals surface area contributed by atoms with Crippen molar-refractivity contribution in [3.63, 3.8) is 0 Å². The quantitative estimate of drug-likeness (QED) is 0.851.